The van der Waals surface area contributed by atoms with Crippen LogP contribution in [0.15, 0.2) is 0 Å². The fourth-order valence-corrected chi connectivity index (χ4v) is 4.88. The molecule has 0 aliphatic heterocycles. The van der Waals surface area contributed by atoms with Crippen LogP contribution in [0.2, 0.25) is 0 Å². The van der Waals surface area contributed by atoms with Gasteiger partial charge in [0, 0.05) is 0 Å². The molecule has 3 unspecified atom stereocenters. The van der Waals surface area contributed by atoms with Gasteiger partial charge in [-0.15, -0.1) is 0 Å². The smallest absolute Gasteiger partial charge is 0.134 e. The predicted molar refractivity (Wildman–Crippen MR) is 90.5 cm³/mol. The quantitative estimate of drug-likeness (QED) is 0.480. The highest BCUT2D eigenvalue weighted by Crippen LogP contribution is 2.39. The van der Waals surface area contributed by atoms with Crippen LogP contribution in [0.4, 0.5) is 8.78 Å². The Balaban J connectivity index is 1.74. The van der Waals surface area contributed by atoms with Crippen LogP contribution in [-0.2, 0) is 0 Å². The zero-order chi connectivity index (χ0) is 15.9. The van der Waals surface area contributed by atoms with Gasteiger partial charge in [0.15, 0.2) is 0 Å². The number of hydrogen-bond acceptors (Lipinski definition) is 0. The first-order valence-corrected chi connectivity index (χ1v) is 9.90. The van der Waals surface area contributed by atoms with Crippen LogP contribution < -0.4 is 0 Å². The first kappa shape index (κ1) is 18.2. The van der Waals surface area contributed by atoms with Gasteiger partial charge in [0.05, 0.1) is 0 Å². The fraction of sp³-hybridized carbons (Fsp3) is 1.00. The lowest BCUT2D eigenvalue weighted by Crippen LogP contribution is -2.31. The standard InChI is InChI=1S/C20H36F2/c1-3-6-16(17-13-11-15(2)12-14-17)7-4-8-18-9-5-10-19(21)20(18)22/h15-20H,3-14H2,1-2H3/t15?,16-,17?,18?,19?,20?/m1/s1. The molecule has 2 aliphatic rings. The largest absolute Gasteiger partial charge is 0.244 e. The minimum Gasteiger partial charge on any atom is -0.244 e. The summed E-state index contributed by atoms with van der Waals surface area (Å²) in [6.07, 6.45) is 11.3. The van der Waals surface area contributed by atoms with Crippen molar-refractivity contribution in [1.82, 2.24) is 0 Å². The SMILES string of the molecule is CCC[C@H](CCCC1CCCC(F)C1F)C1CCC(C)CC1. The Morgan fingerprint density at radius 1 is 0.955 bits per heavy atom. The molecule has 0 saturated heterocycles. The minimum absolute atomic E-state index is 0.00240. The van der Waals surface area contributed by atoms with Crippen molar-refractivity contribution < 1.29 is 8.78 Å². The zero-order valence-corrected chi connectivity index (χ0v) is 14.7. The van der Waals surface area contributed by atoms with Crippen LogP contribution in [0.3, 0.4) is 0 Å². The maximum Gasteiger partial charge on any atom is 0.134 e. The third kappa shape index (κ3) is 5.20. The molecular formula is C20H36F2. The summed E-state index contributed by atoms with van der Waals surface area (Å²) in [5, 5.41) is 0. The Morgan fingerprint density at radius 3 is 2.36 bits per heavy atom. The molecule has 2 heteroatoms. The van der Waals surface area contributed by atoms with Crippen LogP contribution in [0.1, 0.15) is 90.9 Å². The van der Waals surface area contributed by atoms with Gasteiger partial charge in [-0.05, 0) is 55.8 Å². The number of alkyl halides is 2. The Labute approximate surface area is 136 Å². The van der Waals surface area contributed by atoms with Crippen molar-refractivity contribution in [2.24, 2.45) is 23.7 Å². The Bertz CT molecular complexity index is 296. The lowest BCUT2D eigenvalue weighted by Gasteiger charge is -2.34. The highest BCUT2D eigenvalue weighted by Gasteiger charge is 2.33. The van der Waals surface area contributed by atoms with Crippen LogP contribution in [0, 0.1) is 23.7 Å². The first-order valence-electron chi connectivity index (χ1n) is 9.90. The van der Waals surface area contributed by atoms with E-state index in [1.807, 2.05) is 0 Å². The summed E-state index contributed by atoms with van der Waals surface area (Å²) in [5.41, 5.74) is 0. The molecule has 2 saturated carbocycles. The monoisotopic (exact) mass is 314 g/mol. The van der Waals surface area contributed by atoms with E-state index in [0.717, 1.165) is 43.4 Å². The summed E-state index contributed by atoms with van der Waals surface area (Å²) < 4.78 is 27.4. The molecule has 0 bridgehead atoms. The van der Waals surface area contributed by atoms with Crippen LogP contribution in [0.25, 0.3) is 0 Å². The second-order valence-corrected chi connectivity index (χ2v) is 8.15. The average Bonchev–Trinajstić information content (AvgIpc) is 2.51. The molecule has 0 heterocycles. The second-order valence-electron chi connectivity index (χ2n) is 8.15. The lowest BCUT2D eigenvalue weighted by atomic mass is 9.73. The molecule has 0 aromatic heterocycles. The van der Waals surface area contributed by atoms with Gasteiger partial charge in [0.1, 0.15) is 12.3 Å². The molecule has 0 aromatic carbocycles. The molecule has 4 atom stereocenters. The molecule has 130 valence electrons. The molecule has 22 heavy (non-hydrogen) atoms. The summed E-state index contributed by atoms with van der Waals surface area (Å²) in [6, 6.07) is 0. The van der Waals surface area contributed by atoms with E-state index in [1.54, 1.807) is 0 Å². The molecule has 0 N–H and O–H groups in total. The van der Waals surface area contributed by atoms with Gasteiger partial charge in [-0.3, -0.25) is 0 Å². The van der Waals surface area contributed by atoms with E-state index >= 15 is 0 Å². The minimum atomic E-state index is -1.19. The van der Waals surface area contributed by atoms with Crippen molar-refractivity contribution in [3.63, 3.8) is 0 Å². The van der Waals surface area contributed by atoms with E-state index in [0.29, 0.717) is 6.42 Å². The average molecular weight is 315 g/mol. The molecule has 2 fully saturated rings. The Hall–Kier alpha value is -0.140. The second kappa shape index (κ2) is 9.23. The van der Waals surface area contributed by atoms with E-state index in [1.165, 1.54) is 44.9 Å². The maximum absolute atomic E-state index is 13.9. The van der Waals surface area contributed by atoms with Gasteiger partial charge in [-0.2, -0.15) is 0 Å². The third-order valence-corrected chi connectivity index (χ3v) is 6.39. The first-order chi connectivity index (χ1) is 10.6. The van der Waals surface area contributed by atoms with Gasteiger partial charge >= 0.3 is 0 Å². The highest BCUT2D eigenvalue weighted by molar-refractivity contribution is 4.83. The van der Waals surface area contributed by atoms with Crippen molar-refractivity contribution in [3.05, 3.63) is 0 Å². The molecule has 2 aliphatic carbocycles. The van der Waals surface area contributed by atoms with Crippen molar-refractivity contribution in [2.45, 2.75) is 103 Å². The third-order valence-electron chi connectivity index (χ3n) is 6.39. The van der Waals surface area contributed by atoms with Crippen LogP contribution in [-0.4, -0.2) is 12.3 Å². The molecule has 0 amide bonds. The molecular weight excluding hydrogens is 278 g/mol. The van der Waals surface area contributed by atoms with Crippen molar-refractivity contribution in [2.75, 3.05) is 0 Å². The molecule has 2 rings (SSSR count). The summed E-state index contributed by atoms with van der Waals surface area (Å²) in [7, 11) is 0. The van der Waals surface area contributed by atoms with Gasteiger partial charge in [-0.25, -0.2) is 8.78 Å². The lowest BCUT2D eigenvalue weighted by molar-refractivity contribution is 0.0597. The Kier molecular flexibility index (Phi) is 7.63. The van der Waals surface area contributed by atoms with Crippen molar-refractivity contribution in [1.29, 1.82) is 0 Å². The summed E-state index contributed by atoms with van der Waals surface area (Å²) in [6.45, 7) is 4.66. The normalized spacial score (nSPS) is 37.9. The van der Waals surface area contributed by atoms with Crippen LogP contribution in [0.5, 0.6) is 0 Å². The van der Waals surface area contributed by atoms with Gasteiger partial charge in [-0.1, -0.05) is 58.8 Å². The van der Waals surface area contributed by atoms with Gasteiger partial charge < -0.3 is 0 Å². The van der Waals surface area contributed by atoms with E-state index in [2.05, 4.69) is 13.8 Å². The predicted octanol–water partition coefficient (Wildman–Crippen LogP) is 6.88. The summed E-state index contributed by atoms with van der Waals surface area (Å²) >= 11 is 0. The molecule has 0 nitrogen and oxygen atoms in total. The van der Waals surface area contributed by atoms with E-state index in [-0.39, 0.29) is 5.92 Å². The van der Waals surface area contributed by atoms with E-state index in [4.69, 9.17) is 0 Å². The number of rotatable bonds is 7. The van der Waals surface area contributed by atoms with Crippen molar-refractivity contribution >= 4 is 0 Å². The molecule has 0 radical (unpaired) electrons. The van der Waals surface area contributed by atoms with E-state index in [9.17, 15) is 8.78 Å². The zero-order valence-electron chi connectivity index (χ0n) is 14.7. The number of hydrogen-bond donors (Lipinski definition) is 0. The topological polar surface area (TPSA) is 0 Å². The van der Waals surface area contributed by atoms with Crippen molar-refractivity contribution in [3.8, 4) is 0 Å². The van der Waals surface area contributed by atoms with Gasteiger partial charge in [0.25, 0.3) is 0 Å². The van der Waals surface area contributed by atoms with E-state index < -0.39 is 12.3 Å². The molecule has 0 spiro atoms. The van der Waals surface area contributed by atoms with Crippen LogP contribution >= 0.6 is 0 Å². The summed E-state index contributed by atoms with van der Waals surface area (Å²) in [5.74, 6) is 2.64. The summed E-state index contributed by atoms with van der Waals surface area (Å²) in [4.78, 5) is 0. The Morgan fingerprint density at radius 2 is 1.68 bits per heavy atom. The maximum atomic E-state index is 13.9. The number of halogens is 2. The molecule has 0 aromatic rings. The fourth-order valence-electron chi connectivity index (χ4n) is 4.88. The van der Waals surface area contributed by atoms with Gasteiger partial charge in [0.2, 0.25) is 0 Å². The highest BCUT2D eigenvalue weighted by atomic mass is 19.2.